The highest BCUT2D eigenvalue weighted by Crippen LogP contribution is 2.39. The van der Waals surface area contributed by atoms with Crippen molar-refractivity contribution in [2.45, 2.75) is 159 Å². The molecule has 0 bridgehead atoms. The first-order valence-corrected chi connectivity index (χ1v) is 33.7. The summed E-state index contributed by atoms with van der Waals surface area (Å²) in [5, 5.41) is 12.3. The van der Waals surface area contributed by atoms with Crippen molar-refractivity contribution in [3.8, 4) is 5.75 Å². The summed E-state index contributed by atoms with van der Waals surface area (Å²) in [6.45, 7) is 3.51. The van der Waals surface area contributed by atoms with E-state index in [1.807, 2.05) is 274 Å². The molecule has 0 aliphatic carbocycles. The molecule has 0 spiro atoms. The molecule has 3 heterocycles. The van der Waals surface area contributed by atoms with Crippen molar-refractivity contribution < 1.29 is 76.2 Å². The van der Waals surface area contributed by atoms with Crippen LogP contribution in [0.4, 0.5) is 0 Å². The van der Waals surface area contributed by atoms with Crippen molar-refractivity contribution in [3.05, 3.63) is 317 Å². The summed E-state index contributed by atoms with van der Waals surface area (Å²) in [5.41, 5.74) is 8.26. The molecule has 12 rings (SSSR count). The monoisotopic (exact) mass is 1330 g/mol. The summed E-state index contributed by atoms with van der Waals surface area (Å²) in [7, 11) is 1.65. The van der Waals surface area contributed by atoms with Gasteiger partial charge in [-0.2, -0.15) is 0 Å². The van der Waals surface area contributed by atoms with Gasteiger partial charge in [-0.25, -0.2) is 0 Å². The zero-order chi connectivity index (χ0) is 66.9. The van der Waals surface area contributed by atoms with Crippen LogP contribution < -0.4 is 4.74 Å². The van der Waals surface area contributed by atoms with Crippen molar-refractivity contribution in [2.75, 3.05) is 20.3 Å². The average Bonchev–Trinajstić information content (AvgIpc) is 0.769. The molecule has 16 nitrogen and oxygen atoms in total. The quantitative estimate of drug-likeness (QED) is 0.0406. The molecule has 3 aliphatic heterocycles. The van der Waals surface area contributed by atoms with Crippen LogP contribution in [0, 0.1) is 0 Å². The highest BCUT2D eigenvalue weighted by atomic mass is 16.8. The zero-order valence-corrected chi connectivity index (χ0v) is 55.4. The van der Waals surface area contributed by atoms with Crippen LogP contribution in [0.15, 0.2) is 267 Å². The topological polar surface area (TPSA) is 159 Å². The van der Waals surface area contributed by atoms with E-state index in [1.165, 1.54) is 0 Å². The Balaban J connectivity index is 0.956. The number of rotatable bonds is 34. The van der Waals surface area contributed by atoms with Crippen LogP contribution in [0.3, 0.4) is 0 Å². The van der Waals surface area contributed by atoms with Crippen LogP contribution in [0.5, 0.6) is 5.75 Å². The third kappa shape index (κ3) is 20.0. The Morgan fingerprint density at radius 1 is 0.276 bits per heavy atom. The number of aliphatic hydroxyl groups excluding tert-OH is 1. The molecule has 1 N–H and O–H groups in total. The molecular formula is C82H88O16. The molecule has 0 radical (unpaired) electrons. The first kappa shape index (κ1) is 70.1. The summed E-state index contributed by atoms with van der Waals surface area (Å²) in [6, 6.07) is 87.1. The van der Waals surface area contributed by atoms with Gasteiger partial charge < -0.3 is 76.2 Å². The fraction of sp³-hybridized carbons (Fsp3) is 0.341. The normalized spacial score (nSPS) is 25.6. The predicted molar refractivity (Wildman–Crippen MR) is 368 cm³/mol. The second kappa shape index (κ2) is 36.8. The summed E-state index contributed by atoms with van der Waals surface area (Å²) in [6.07, 6.45) is -15.3. The standard InChI is InChI=1S/C82H88O16/c1-58-71(87-55-67-43-45-68(84-2)46-44-67)74(88-49-61-31-15-5-16-32-61)78(92-53-65-39-23-9-24-40-65)81(94-58)97-73-70(57-86-48-60-29-13-4-14-30-60)96-82(79(93-54-66-41-25-10-26-42-66)76(73)90-51-63-35-19-7-20-36-63)98-72-69(56-85-47-59-27-11-3-12-28-59)95-80(83)77(91-52-64-37-21-8-22-38-64)75(72)89-50-62-33-17-6-18-34-62/h3-46,58,69-83H,47-57H2,1-2H3/t58-,69-,70-,71+,72-,73-,74+,75+,76+,77-,78-,79-,80-,81-,82-/m1/s1. The Kier molecular flexibility index (Phi) is 26.3. The Morgan fingerprint density at radius 2 is 0.541 bits per heavy atom. The summed E-state index contributed by atoms with van der Waals surface area (Å²) in [4.78, 5) is 0. The second-order valence-corrected chi connectivity index (χ2v) is 24.7. The van der Waals surface area contributed by atoms with Gasteiger partial charge in [0.25, 0.3) is 0 Å². The lowest BCUT2D eigenvalue weighted by Gasteiger charge is -2.51. The zero-order valence-electron chi connectivity index (χ0n) is 55.4. The van der Waals surface area contributed by atoms with Gasteiger partial charge in [0.05, 0.1) is 85.9 Å². The van der Waals surface area contributed by atoms with Crippen LogP contribution in [-0.4, -0.2) is 118 Å². The van der Waals surface area contributed by atoms with Gasteiger partial charge >= 0.3 is 0 Å². The van der Waals surface area contributed by atoms with E-state index >= 15 is 0 Å². The van der Waals surface area contributed by atoms with Crippen LogP contribution in [0.2, 0.25) is 0 Å². The molecule has 0 saturated carbocycles. The van der Waals surface area contributed by atoms with Gasteiger partial charge in [0.15, 0.2) is 18.9 Å². The molecule has 16 heteroatoms. The van der Waals surface area contributed by atoms with E-state index in [0.29, 0.717) is 0 Å². The molecule has 3 fully saturated rings. The van der Waals surface area contributed by atoms with Gasteiger partial charge in [-0.05, 0) is 69.1 Å². The number of hydrogen-bond donors (Lipinski definition) is 1. The van der Waals surface area contributed by atoms with Gasteiger partial charge in [-0.1, -0.05) is 255 Å². The van der Waals surface area contributed by atoms with E-state index in [-0.39, 0.29) is 72.7 Å². The van der Waals surface area contributed by atoms with Crippen LogP contribution in [0.1, 0.15) is 57.0 Å². The average molecular weight is 1330 g/mol. The minimum absolute atomic E-state index is 0.0291. The van der Waals surface area contributed by atoms with Crippen molar-refractivity contribution in [1.82, 2.24) is 0 Å². The van der Waals surface area contributed by atoms with Gasteiger partial charge in [0.2, 0.25) is 0 Å². The maximum atomic E-state index is 12.3. The van der Waals surface area contributed by atoms with Gasteiger partial charge in [-0.15, -0.1) is 0 Å². The fourth-order valence-corrected chi connectivity index (χ4v) is 12.4. The van der Waals surface area contributed by atoms with Crippen molar-refractivity contribution >= 4 is 0 Å². The molecule has 3 saturated heterocycles. The Bertz CT molecular complexity index is 3650. The minimum atomic E-state index is -1.48. The SMILES string of the molecule is COc1ccc(CO[C@@H]2[C@H](OCc3ccccc3)[C@@H](OCc3ccccc3)[C@@H](O[C@H]3[C@H](OCc4ccccc4)[C@@H](OCc4ccccc4)[C@@H](O[C@H]4[C@H](OCc5ccccc5)[C@@H](OCc5ccccc5)[C@H](O)O[C@@H]4COCc4ccccc4)O[C@@H]3COCc3ccccc3)O[C@@H]2C)cc1. The van der Waals surface area contributed by atoms with E-state index in [4.69, 9.17) is 71.1 Å². The van der Waals surface area contributed by atoms with E-state index in [2.05, 4.69) is 0 Å². The minimum Gasteiger partial charge on any atom is -0.497 e. The molecule has 98 heavy (non-hydrogen) atoms. The molecule has 0 unspecified atom stereocenters. The van der Waals surface area contributed by atoms with E-state index in [0.717, 1.165) is 55.8 Å². The predicted octanol–water partition coefficient (Wildman–Crippen LogP) is 13.5. The van der Waals surface area contributed by atoms with Crippen LogP contribution in [-0.2, 0) is 126 Å². The van der Waals surface area contributed by atoms with Crippen LogP contribution >= 0.6 is 0 Å². The summed E-state index contributed by atoms with van der Waals surface area (Å²) < 4.78 is 105. The molecule has 0 aromatic heterocycles. The molecule has 15 atom stereocenters. The number of hydrogen-bond acceptors (Lipinski definition) is 16. The van der Waals surface area contributed by atoms with Crippen molar-refractivity contribution in [3.63, 3.8) is 0 Å². The highest BCUT2D eigenvalue weighted by Gasteiger charge is 2.57. The Hall–Kier alpha value is -7.82. The molecular weight excluding hydrogens is 1240 g/mol. The van der Waals surface area contributed by atoms with E-state index in [9.17, 15) is 5.11 Å². The lowest BCUT2D eigenvalue weighted by atomic mass is 9.95. The lowest BCUT2D eigenvalue weighted by Crippen LogP contribution is -2.67. The molecule has 512 valence electrons. The number of aliphatic hydroxyl groups is 1. The van der Waals surface area contributed by atoms with Gasteiger partial charge in [-0.3, -0.25) is 0 Å². The number of ether oxygens (including phenoxy) is 15. The van der Waals surface area contributed by atoms with Gasteiger partial charge in [0.1, 0.15) is 72.9 Å². The highest BCUT2D eigenvalue weighted by molar-refractivity contribution is 5.27. The third-order valence-corrected chi connectivity index (χ3v) is 17.6. The smallest absolute Gasteiger partial charge is 0.187 e. The van der Waals surface area contributed by atoms with Crippen molar-refractivity contribution in [1.29, 1.82) is 0 Å². The Morgan fingerprint density at radius 3 is 0.888 bits per heavy atom. The first-order valence-electron chi connectivity index (χ1n) is 33.7. The van der Waals surface area contributed by atoms with Crippen LogP contribution in [0.25, 0.3) is 0 Å². The largest absolute Gasteiger partial charge is 0.497 e. The van der Waals surface area contributed by atoms with E-state index in [1.54, 1.807) is 7.11 Å². The molecule has 0 amide bonds. The number of benzene rings is 9. The molecule has 3 aliphatic rings. The third-order valence-electron chi connectivity index (χ3n) is 17.6. The molecule has 9 aromatic rings. The fourth-order valence-electron chi connectivity index (χ4n) is 12.4. The van der Waals surface area contributed by atoms with E-state index < -0.39 is 92.1 Å². The van der Waals surface area contributed by atoms with Gasteiger partial charge in [0, 0.05) is 0 Å². The summed E-state index contributed by atoms with van der Waals surface area (Å²) in [5.74, 6) is 0.736. The number of methoxy groups -OCH3 is 1. The first-order chi connectivity index (χ1) is 48.4. The maximum Gasteiger partial charge on any atom is 0.187 e. The second-order valence-electron chi connectivity index (χ2n) is 24.7. The maximum absolute atomic E-state index is 12.3. The molecule has 9 aromatic carbocycles. The van der Waals surface area contributed by atoms with Crippen molar-refractivity contribution in [2.24, 2.45) is 0 Å². The summed E-state index contributed by atoms with van der Waals surface area (Å²) >= 11 is 0. The lowest BCUT2D eigenvalue weighted by molar-refractivity contribution is -0.392. The Labute approximate surface area is 575 Å².